The Hall–Kier alpha value is -0.490. The van der Waals surface area contributed by atoms with E-state index in [0.29, 0.717) is 19.3 Å². The van der Waals surface area contributed by atoms with Crippen molar-refractivity contribution in [2.24, 2.45) is 23.7 Å². The molecule has 1 aliphatic carbocycles. The maximum Gasteiger partial charge on any atom is 0.443 e. The molecule has 7 nitrogen and oxygen atoms in total. The Morgan fingerprint density at radius 2 is 1.83 bits per heavy atom. The minimum absolute atomic E-state index is 0.0766. The standard InChI is InChI=1S/C19H29F3O7/c1-10-4-5-14-11(2)18(19(20,21)22,25-9-12(24)8-23)27-15-17(14)13(10)6-7-16(3,26-15)28-29-17/h10-15,23-24H,4-9H2,1-3H3/t10-,11-,12?,13+,14+,15+,16+,17-,18-/m1/s1. The highest BCUT2D eigenvalue weighted by molar-refractivity contribution is 5.12. The van der Waals surface area contributed by atoms with Crippen molar-refractivity contribution in [3.8, 4) is 0 Å². The first kappa shape index (κ1) is 21.7. The van der Waals surface area contributed by atoms with Gasteiger partial charge in [-0.05, 0) is 38.0 Å². The molecular formula is C19H29F3O7. The molecule has 2 N–H and O–H groups in total. The van der Waals surface area contributed by atoms with Crippen LogP contribution in [0.1, 0.15) is 46.5 Å². The molecular weight excluding hydrogens is 397 g/mol. The van der Waals surface area contributed by atoms with E-state index >= 15 is 0 Å². The molecule has 2 bridgehead atoms. The molecule has 0 aromatic heterocycles. The summed E-state index contributed by atoms with van der Waals surface area (Å²) in [5.74, 6) is -5.79. The highest BCUT2D eigenvalue weighted by Gasteiger charge is 2.77. The minimum Gasteiger partial charge on any atom is -0.394 e. The SMILES string of the molecule is C[C@@H]1CC[C@H]2[C@@H](C)[C@](OCC(O)CO)(C(F)(F)F)O[C@@H]3O[C@]4(C)CC[C@@H]1[C@]32OO4. The van der Waals surface area contributed by atoms with Gasteiger partial charge in [-0.2, -0.15) is 13.2 Å². The van der Waals surface area contributed by atoms with Crippen LogP contribution in [-0.2, 0) is 24.0 Å². The Morgan fingerprint density at radius 1 is 1.10 bits per heavy atom. The van der Waals surface area contributed by atoms with Gasteiger partial charge >= 0.3 is 6.18 Å². The lowest BCUT2D eigenvalue weighted by Crippen LogP contribution is -2.76. The zero-order valence-corrected chi connectivity index (χ0v) is 16.8. The van der Waals surface area contributed by atoms with Crippen molar-refractivity contribution < 1.29 is 47.4 Å². The molecule has 9 atom stereocenters. The Morgan fingerprint density at radius 3 is 2.48 bits per heavy atom. The van der Waals surface area contributed by atoms with Gasteiger partial charge in [0.25, 0.3) is 5.79 Å². The number of alkyl halides is 3. The number of halogens is 3. The number of hydrogen-bond donors (Lipinski definition) is 2. The summed E-state index contributed by atoms with van der Waals surface area (Å²) in [5.41, 5.74) is -1.15. The summed E-state index contributed by atoms with van der Waals surface area (Å²) in [6, 6.07) is 0. The molecule has 4 aliphatic heterocycles. The van der Waals surface area contributed by atoms with Crippen LogP contribution in [0.3, 0.4) is 0 Å². The summed E-state index contributed by atoms with van der Waals surface area (Å²) in [5, 5.41) is 18.6. The lowest BCUT2D eigenvalue weighted by Gasteiger charge is -2.62. The molecule has 5 rings (SSSR count). The Labute approximate surface area is 167 Å². The fourth-order valence-corrected chi connectivity index (χ4v) is 5.76. The average Bonchev–Trinajstić information content (AvgIpc) is 2.88. The number of hydrogen-bond acceptors (Lipinski definition) is 7. The van der Waals surface area contributed by atoms with E-state index in [-0.39, 0.29) is 11.8 Å². The number of rotatable bonds is 4. The van der Waals surface area contributed by atoms with Gasteiger partial charge in [-0.15, -0.1) is 0 Å². The molecule has 1 spiro atoms. The van der Waals surface area contributed by atoms with Gasteiger partial charge in [0, 0.05) is 18.3 Å². The number of ether oxygens (including phenoxy) is 3. The van der Waals surface area contributed by atoms with E-state index in [9.17, 15) is 18.3 Å². The van der Waals surface area contributed by atoms with Crippen molar-refractivity contribution in [1.29, 1.82) is 0 Å². The van der Waals surface area contributed by atoms with Gasteiger partial charge in [-0.25, -0.2) is 9.78 Å². The summed E-state index contributed by atoms with van der Waals surface area (Å²) >= 11 is 0. The molecule has 4 heterocycles. The Kier molecular flexibility index (Phi) is 5.25. The largest absolute Gasteiger partial charge is 0.443 e. The number of aliphatic hydroxyl groups is 2. The summed E-state index contributed by atoms with van der Waals surface area (Å²) in [6.45, 7) is 3.69. The van der Waals surface area contributed by atoms with Gasteiger partial charge in [0.15, 0.2) is 11.9 Å². The molecule has 10 heteroatoms. The van der Waals surface area contributed by atoms with E-state index in [2.05, 4.69) is 6.92 Å². The first-order valence-corrected chi connectivity index (χ1v) is 10.2. The van der Waals surface area contributed by atoms with Crippen LogP contribution >= 0.6 is 0 Å². The molecule has 0 amide bonds. The quantitative estimate of drug-likeness (QED) is 0.668. The summed E-state index contributed by atoms with van der Waals surface area (Å²) in [6.07, 6.45) is -5.27. The van der Waals surface area contributed by atoms with E-state index < -0.39 is 60.8 Å². The lowest BCUT2D eigenvalue weighted by atomic mass is 9.57. The lowest BCUT2D eigenvalue weighted by molar-refractivity contribution is -0.599. The third-order valence-electron chi connectivity index (χ3n) is 7.36. The fraction of sp³-hybridized carbons (Fsp3) is 1.00. The number of aliphatic hydroxyl groups excluding tert-OH is 2. The first-order valence-electron chi connectivity index (χ1n) is 10.2. The van der Waals surface area contributed by atoms with Crippen molar-refractivity contribution in [2.75, 3.05) is 13.2 Å². The predicted octanol–water partition coefficient (Wildman–Crippen LogP) is 2.50. The van der Waals surface area contributed by atoms with E-state index in [1.54, 1.807) is 6.92 Å². The van der Waals surface area contributed by atoms with Gasteiger partial charge in [0.2, 0.25) is 5.79 Å². The van der Waals surface area contributed by atoms with Crippen LogP contribution < -0.4 is 0 Å². The molecule has 0 aromatic carbocycles. The molecule has 1 unspecified atom stereocenters. The van der Waals surface area contributed by atoms with Crippen LogP contribution in [0.25, 0.3) is 0 Å². The van der Waals surface area contributed by atoms with Crippen molar-refractivity contribution in [3.05, 3.63) is 0 Å². The average molecular weight is 426 g/mol. The van der Waals surface area contributed by atoms with Gasteiger partial charge in [-0.1, -0.05) is 13.8 Å². The summed E-state index contributed by atoms with van der Waals surface area (Å²) < 4.78 is 59.9. The third-order valence-corrected chi connectivity index (χ3v) is 7.36. The summed E-state index contributed by atoms with van der Waals surface area (Å²) in [4.78, 5) is 11.4. The molecule has 0 radical (unpaired) electrons. The topological polar surface area (TPSA) is 86.6 Å². The first-order chi connectivity index (χ1) is 13.5. The minimum atomic E-state index is -4.89. The van der Waals surface area contributed by atoms with E-state index in [1.807, 2.05) is 0 Å². The smallest absolute Gasteiger partial charge is 0.394 e. The summed E-state index contributed by atoms with van der Waals surface area (Å²) in [7, 11) is 0. The van der Waals surface area contributed by atoms with Crippen molar-refractivity contribution in [1.82, 2.24) is 0 Å². The molecule has 5 fully saturated rings. The van der Waals surface area contributed by atoms with Crippen LogP contribution in [0.4, 0.5) is 13.2 Å². The van der Waals surface area contributed by atoms with Gasteiger partial charge < -0.3 is 24.4 Å². The van der Waals surface area contributed by atoms with Gasteiger partial charge in [0.1, 0.15) is 6.10 Å². The van der Waals surface area contributed by atoms with Crippen LogP contribution in [0.2, 0.25) is 0 Å². The van der Waals surface area contributed by atoms with Crippen molar-refractivity contribution in [3.63, 3.8) is 0 Å². The van der Waals surface area contributed by atoms with Crippen LogP contribution in [0.5, 0.6) is 0 Å². The second-order valence-corrected chi connectivity index (χ2v) is 9.13. The highest BCUT2D eigenvalue weighted by Crippen LogP contribution is 2.64. The van der Waals surface area contributed by atoms with Crippen LogP contribution in [-0.4, -0.2) is 59.2 Å². The zero-order valence-electron chi connectivity index (χ0n) is 16.8. The second-order valence-electron chi connectivity index (χ2n) is 9.13. The molecule has 0 aromatic rings. The van der Waals surface area contributed by atoms with Crippen LogP contribution in [0, 0.1) is 23.7 Å². The van der Waals surface area contributed by atoms with Crippen molar-refractivity contribution in [2.45, 2.75) is 82.2 Å². The third kappa shape index (κ3) is 3.06. The monoisotopic (exact) mass is 426 g/mol. The van der Waals surface area contributed by atoms with Crippen molar-refractivity contribution >= 4 is 0 Å². The Bertz CT molecular complexity index is 633. The highest BCUT2D eigenvalue weighted by atomic mass is 19.4. The Balaban J connectivity index is 1.78. The van der Waals surface area contributed by atoms with Crippen LogP contribution in [0.15, 0.2) is 0 Å². The predicted molar refractivity (Wildman–Crippen MR) is 90.9 cm³/mol. The fourth-order valence-electron chi connectivity index (χ4n) is 5.76. The zero-order chi connectivity index (χ0) is 21.2. The molecule has 29 heavy (non-hydrogen) atoms. The van der Waals surface area contributed by atoms with Gasteiger partial charge in [0.05, 0.1) is 13.2 Å². The van der Waals surface area contributed by atoms with E-state index in [0.717, 1.165) is 6.42 Å². The molecule has 1 saturated carbocycles. The molecule has 168 valence electrons. The molecule has 5 aliphatic rings. The van der Waals surface area contributed by atoms with Gasteiger partial charge in [-0.3, -0.25) is 0 Å². The van der Waals surface area contributed by atoms with E-state index in [4.69, 9.17) is 29.1 Å². The maximum atomic E-state index is 14.4. The van der Waals surface area contributed by atoms with E-state index in [1.165, 1.54) is 6.92 Å². The maximum absolute atomic E-state index is 14.4. The molecule has 4 saturated heterocycles. The number of fused-ring (bicyclic) bond motifs is 2. The second kappa shape index (κ2) is 7.01. The normalized spacial score (nSPS) is 50.7.